The van der Waals surface area contributed by atoms with Crippen molar-refractivity contribution in [2.24, 2.45) is 11.8 Å². The Hall–Kier alpha value is -1.09. The van der Waals surface area contributed by atoms with Crippen LogP contribution < -0.4 is 10.2 Å². The van der Waals surface area contributed by atoms with E-state index in [1.165, 1.54) is 38.3 Å². The van der Waals surface area contributed by atoms with E-state index in [4.69, 9.17) is 0 Å². The number of nitrogens with one attached hydrogen (secondary N) is 1. The maximum Gasteiger partial charge on any atom is 0.0552 e. The first-order valence-corrected chi connectivity index (χ1v) is 5.79. The number of fused-ring (bicyclic) bond motifs is 1. The molecule has 3 heteroatoms. The van der Waals surface area contributed by atoms with E-state index in [0.29, 0.717) is 0 Å². The second-order valence-corrected chi connectivity index (χ2v) is 4.62. The maximum atomic E-state index is 4.19. The first-order chi connectivity index (χ1) is 7.43. The maximum absolute atomic E-state index is 4.19. The Bertz CT molecular complexity index is 325. The summed E-state index contributed by atoms with van der Waals surface area (Å²) >= 11 is 0. The van der Waals surface area contributed by atoms with Crippen LogP contribution in [-0.4, -0.2) is 31.2 Å². The minimum absolute atomic E-state index is 0.846. The lowest BCUT2D eigenvalue weighted by atomic mass is 9.88. The Kier molecular flexibility index (Phi) is 2.33. The lowest BCUT2D eigenvalue weighted by Gasteiger charge is -2.35. The van der Waals surface area contributed by atoms with Gasteiger partial charge in [0, 0.05) is 19.3 Å². The molecule has 1 aromatic heterocycles. The van der Waals surface area contributed by atoms with E-state index in [1.54, 1.807) is 0 Å². The highest BCUT2D eigenvalue weighted by molar-refractivity contribution is 5.44. The molecular weight excluding hydrogens is 186 g/mol. The van der Waals surface area contributed by atoms with Crippen LogP contribution in [0.2, 0.25) is 0 Å². The highest BCUT2D eigenvalue weighted by Gasteiger charge is 2.32. The molecule has 0 bridgehead atoms. The third kappa shape index (κ3) is 1.72. The molecular formula is C12H17N3. The van der Waals surface area contributed by atoms with Crippen molar-refractivity contribution < 1.29 is 0 Å². The second-order valence-electron chi connectivity index (χ2n) is 4.62. The number of anilines is 1. The van der Waals surface area contributed by atoms with Crippen molar-refractivity contribution in [2.75, 3.05) is 31.1 Å². The van der Waals surface area contributed by atoms with Gasteiger partial charge in [-0.1, -0.05) is 0 Å². The smallest absolute Gasteiger partial charge is 0.0552 e. The molecule has 0 saturated carbocycles. The zero-order chi connectivity index (χ0) is 10.1. The molecule has 1 N–H and O–H groups in total. The van der Waals surface area contributed by atoms with Crippen LogP contribution in [0, 0.1) is 11.8 Å². The van der Waals surface area contributed by atoms with E-state index in [9.17, 15) is 0 Å². The predicted octanol–water partition coefficient (Wildman–Crippen LogP) is 1.13. The standard InChI is InChI=1S/C12H17N3/c1-2-12(8-13-4-1)15-5-3-10-6-14-7-11(10)9-15/h1-2,4,8,10-11,14H,3,5-7,9H2/t10-,11-/m1/s1. The van der Waals surface area contributed by atoms with Crippen molar-refractivity contribution >= 4 is 5.69 Å². The van der Waals surface area contributed by atoms with Crippen LogP contribution in [0.15, 0.2) is 24.5 Å². The molecule has 0 amide bonds. The van der Waals surface area contributed by atoms with Gasteiger partial charge in [0.15, 0.2) is 0 Å². The number of hydrogen-bond acceptors (Lipinski definition) is 3. The zero-order valence-corrected chi connectivity index (χ0v) is 8.89. The first kappa shape index (κ1) is 9.16. The summed E-state index contributed by atoms with van der Waals surface area (Å²) in [5.74, 6) is 1.76. The summed E-state index contributed by atoms with van der Waals surface area (Å²) < 4.78 is 0. The Balaban J connectivity index is 1.74. The van der Waals surface area contributed by atoms with E-state index < -0.39 is 0 Å². The molecule has 80 valence electrons. The van der Waals surface area contributed by atoms with Gasteiger partial charge < -0.3 is 10.2 Å². The van der Waals surface area contributed by atoms with Crippen LogP contribution in [-0.2, 0) is 0 Å². The van der Waals surface area contributed by atoms with E-state index in [1.807, 2.05) is 18.5 Å². The summed E-state index contributed by atoms with van der Waals surface area (Å²) in [4.78, 5) is 6.66. The highest BCUT2D eigenvalue weighted by atomic mass is 15.2. The second kappa shape index (κ2) is 3.81. The van der Waals surface area contributed by atoms with Gasteiger partial charge >= 0.3 is 0 Å². The van der Waals surface area contributed by atoms with Gasteiger partial charge in [0.2, 0.25) is 0 Å². The average molecular weight is 203 g/mol. The molecule has 0 spiro atoms. The Morgan fingerprint density at radius 1 is 1.33 bits per heavy atom. The molecule has 2 aliphatic rings. The van der Waals surface area contributed by atoms with Gasteiger partial charge in [-0.2, -0.15) is 0 Å². The van der Waals surface area contributed by atoms with Gasteiger partial charge in [0.1, 0.15) is 0 Å². The van der Waals surface area contributed by atoms with Gasteiger partial charge in [-0.3, -0.25) is 4.98 Å². The Morgan fingerprint density at radius 3 is 3.13 bits per heavy atom. The average Bonchev–Trinajstić information content (AvgIpc) is 2.77. The minimum atomic E-state index is 0.846. The normalized spacial score (nSPS) is 30.3. The number of pyridine rings is 1. The van der Waals surface area contributed by atoms with Crippen LogP contribution in [0.5, 0.6) is 0 Å². The summed E-state index contributed by atoms with van der Waals surface area (Å²) in [6.45, 7) is 4.81. The molecule has 2 aliphatic heterocycles. The van der Waals surface area contributed by atoms with Crippen LogP contribution >= 0.6 is 0 Å². The van der Waals surface area contributed by atoms with Crippen molar-refractivity contribution in [2.45, 2.75) is 6.42 Å². The molecule has 2 saturated heterocycles. The Labute approximate surface area is 90.5 Å². The summed E-state index contributed by atoms with van der Waals surface area (Å²) in [5.41, 5.74) is 1.28. The van der Waals surface area contributed by atoms with Gasteiger partial charge in [-0.15, -0.1) is 0 Å². The number of aromatic nitrogens is 1. The molecule has 2 fully saturated rings. The van der Waals surface area contributed by atoms with E-state index in [2.05, 4.69) is 21.3 Å². The highest BCUT2D eigenvalue weighted by Crippen LogP contribution is 2.29. The SMILES string of the molecule is c1cncc(N2CC[C@@H]3CNC[C@@H]3C2)c1. The van der Waals surface area contributed by atoms with Crippen LogP contribution in [0.3, 0.4) is 0 Å². The number of piperidine rings is 1. The minimum Gasteiger partial charge on any atom is -0.370 e. The summed E-state index contributed by atoms with van der Waals surface area (Å²) in [7, 11) is 0. The molecule has 0 aromatic carbocycles. The molecule has 3 heterocycles. The van der Waals surface area contributed by atoms with Crippen molar-refractivity contribution in [3.63, 3.8) is 0 Å². The van der Waals surface area contributed by atoms with Crippen molar-refractivity contribution in [1.29, 1.82) is 0 Å². The van der Waals surface area contributed by atoms with E-state index in [-0.39, 0.29) is 0 Å². The molecule has 2 atom stereocenters. The topological polar surface area (TPSA) is 28.2 Å². The fourth-order valence-corrected chi connectivity index (χ4v) is 2.81. The number of rotatable bonds is 1. The molecule has 3 rings (SSSR count). The van der Waals surface area contributed by atoms with E-state index in [0.717, 1.165) is 11.8 Å². The summed E-state index contributed by atoms with van der Waals surface area (Å²) in [6.07, 6.45) is 5.14. The Morgan fingerprint density at radius 2 is 2.27 bits per heavy atom. The fraction of sp³-hybridized carbons (Fsp3) is 0.583. The van der Waals surface area contributed by atoms with Crippen LogP contribution in [0.4, 0.5) is 5.69 Å². The number of hydrogen-bond donors (Lipinski definition) is 1. The third-order valence-corrected chi connectivity index (χ3v) is 3.72. The lowest BCUT2D eigenvalue weighted by Crippen LogP contribution is -2.40. The van der Waals surface area contributed by atoms with Crippen LogP contribution in [0.1, 0.15) is 6.42 Å². The molecule has 15 heavy (non-hydrogen) atoms. The zero-order valence-electron chi connectivity index (χ0n) is 8.89. The first-order valence-electron chi connectivity index (χ1n) is 5.79. The van der Waals surface area contributed by atoms with Gasteiger partial charge in [-0.25, -0.2) is 0 Å². The predicted molar refractivity (Wildman–Crippen MR) is 60.9 cm³/mol. The largest absolute Gasteiger partial charge is 0.370 e. The molecule has 0 radical (unpaired) electrons. The molecule has 3 nitrogen and oxygen atoms in total. The van der Waals surface area contributed by atoms with Gasteiger partial charge in [0.25, 0.3) is 0 Å². The molecule has 1 aromatic rings. The third-order valence-electron chi connectivity index (χ3n) is 3.72. The molecule has 0 unspecified atom stereocenters. The lowest BCUT2D eigenvalue weighted by molar-refractivity contribution is 0.349. The van der Waals surface area contributed by atoms with Crippen LogP contribution in [0.25, 0.3) is 0 Å². The van der Waals surface area contributed by atoms with Crippen molar-refractivity contribution in [3.05, 3.63) is 24.5 Å². The van der Waals surface area contributed by atoms with E-state index >= 15 is 0 Å². The van der Waals surface area contributed by atoms with Gasteiger partial charge in [-0.05, 0) is 43.5 Å². The van der Waals surface area contributed by atoms with Gasteiger partial charge in [0.05, 0.1) is 11.9 Å². The molecule has 0 aliphatic carbocycles. The fourth-order valence-electron chi connectivity index (χ4n) is 2.81. The summed E-state index contributed by atoms with van der Waals surface area (Å²) in [6, 6.07) is 4.18. The summed E-state index contributed by atoms with van der Waals surface area (Å²) in [5, 5.41) is 3.49. The number of nitrogens with zero attached hydrogens (tertiary/aromatic N) is 2. The monoisotopic (exact) mass is 203 g/mol. The van der Waals surface area contributed by atoms with Crippen molar-refractivity contribution in [3.8, 4) is 0 Å². The quantitative estimate of drug-likeness (QED) is 0.741. The van der Waals surface area contributed by atoms with Crippen molar-refractivity contribution in [1.82, 2.24) is 10.3 Å².